The molecule has 1 saturated heterocycles. The summed E-state index contributed by atoms with van der Waals surface area (Å²) in [6.45, 7) is 1.70. The van der Waals surface area contributed by atoms with Crippen molar-refractivity contribution in [3.05, 3.63) is 28.3 Å². The first-order valence-corrected chi connectivity index (χ1v) is 5.90. The molecule has 18 heavy (non-hydrogen) atoms. The first kappa shape index (κ1) is 12.6. The molecule has 2 rings (SSSR count). The number of methoxy groups -OCH3 is 1. The summed E-state index contributed by atoms with van der Waals surface area (Å²) in [5, 5.41) is 14.2. The van der Waals surface area contributed by atoms with Crippen molar-refractivity contribution in [2.75, 3.05) is 20.2 Å². The van der Waals surface area contributed by atoms with E-state index in [-0.39, 0.29) is 11.8 Å². The van der Waals surface area contributed by atoms with Crippen LogP contribution in [0.25, 0.3) is 0 Å². The number of nitro groups is 1. The van der Waals surface area contributed by atoms with Crippen LogP contribution in [0.15, 0.2) is 18.2 Å². The number of hydrogen-bond acceptors (Lipinski definition) is 5. The molecule has 1 N–H and O–H groups in total. The maximum absolute atomic E-state index is 11.0. The molecule has 1 heterocycles. The van der Waals surface area contributed by atoms with Crippen molar-refractivity contribution in [1.82, 2.24) is 5.32 Å². The van der Waals surface area contributed by atoms with E-state index in [2.05, 4.69) is 5.32 Å². The van der Waals surface area contributed by atoms with Crippen LogP contribution in [0.4, 0.5) is 5.69 Å². The molecule has 0 aromatic heterocycles. The summed E-state index contributed by atoms with van der Waals surface area (Å²) in [7, 11) is 1.48. The first-order chi connectivity index (χ1) is 8.70. The molecule has 1 aromatic carbocycles. The SMILES string of the molecule is COc1ccc(OC2CCCNC2)c([N+](=O)[O-])c1. The molecule has 1 atom stereocenters. The van der Waals surface area contributed by atoms with Crippen molar-refractivity contribution >= 4 is 5.69 Å². The fraction of sp³-hybridized carbons (Fsp3) is 0.500. The van der Waals surface area contributed by atoms with E-state index >= 15 is 0 Å². The second kappa shape index (κ2) is 5.68. The van der Waals surface area contributed by atoms with Gasteiger partial charge in [0.25, 0.3) is 0 Å². The van der Waals surface area contributed by atoms with Crippen LogP contribution < -0.4 is 14.8 Å². The third kappa shape index (κ3) is 2.89. The molecule has 0 amide bonds. The van der Waals surface area contributed by atoms with Crippen molar-refractivity contribution in [3.8, 4) is 11.5 Å². The van der Waals surface area contributed by atoms with Crippen molar-refractivity contribution in [1.29, 1.82) is 0 Å². The van der Waals surface area contributed by atoms with Gasteiger partial charge in [0.05, 0.1) is 18.1 Å². The van der Waals surface area contributed by atoms with E-state index in [4.69, 9.17) is 9.47 Å². The molecule has 1 aromatic rings. The van der Waals surface area contributed by atoms with Gasteiger partial charge in [0.15, 0.2) is 5.75 Å². The maximum Gasteiger partial charge on any atom is 0.314 e. The number of nitro benzene ring substituents is 1. The van der Waals surface area contributed by atoms with Gasteiger partial charge in [0.1, 0.15) is 11.9 Å². The maximum atomic E-state index is 11.0. The highest BCUT2D eigenvalue weighted by molar-refractivity contribution is 5.51. The zero-order valence-corrected chi connectivity index (χ0v) is 10.2. The Hall–Kier alpha value is -1.82. The minimum atomic E-state index is -0.450. The van der Waals surface area contributed by atoms with E-state index < -0.39 is 4.92 Å². The lowest BCUT2D eigenvalue weighted by Gasteiger charge is -2.23. The lowest BCUT2D eigenvalue weighted by atomic mass is 10.1. The number of hydrogen-bond donors (Lipinski definition) is 1. The Morgan fingerprint density at radius 1 is 1.50 bits per heavy atom. The molecule has 0 spiro atoms. The number of nitrogens with one attached hydrogen (secondary N) is 1. The Morgan fingerprint density at radius 2 is 2.33 bits per heavy atom. The summed E-state index contributed by atoms with van der Waals surface area (Å²) in [4.78, 5) is 10.5. The highest BCUT2D eigenvalue weighted by Gasteiger charge is 2.21. The molecule has 6 nitrogen and oxygen atoms in total. The highest BCUT2D eigenvalue weighted by Crippen LogP contribution is 2.32. The second-order valence-corrected chi connectivity index (χ2v) is 4.18. The summed E-state index contributed by atoms with van der Waals surface area (Å²) in [5.41, 5.74) is -0.0556. The molecule has 1 aliphatic heterocycles. The fourth-order valence-electron chi connectivity index (χ4n) is 1.97. The van der Waals surface area contributed by atoms with Gasteiger partial charge in [-0.25, -0.2) is 0 Å². The minimum absolute atomic E-state index is 0.00848. The summed E-state index contributed by atoms with van der Waals surface area (Å²) >= 11 is 0. The van der Waals surface area contributed by atoms with E-state index in [0.717, 1.165) is 25.9 Å². The predicted molar refractivity (Wildman–Crippen MR) is 66.2 cm³/mol. The molecule has 0 bridgehead atoms. The monoisotopic (exact) mass is 252 g/mol. The molecular formula is C12H16N2O4. The van der Waals surface area contributed by atoms with Gasteiger partial charge in [-0.05, 0) is 31.5 Å². The summed E-state index contributed by atoms with van der Waals surface area (Å²) in [5.74, 6) is 0.755. The zero-order chi connectivity index (χ0) is 13.0. The number of nitrogens with zero attached hydrogens (tertiary/aromatic N) is 1. The Morgan fingerprint density at radius 3 is 2.94 bits per heavy atom. The van der Waals surface area contributed by atoms with Gasteiger partial charge in [0, 0.05) is 6.54 Å². The van der Waals surface area contributed by atoms with Crippen molar-refractivity contribution < 1.29 is 14.4 Å². The third-order valence-corrected chi connectivity index (χ3v) is 2.91. The van der Waals surface area contributed by atoms with Crippen LogP contribution in [0.2, 0.25) is 0 Å². The molecule has 1 unspecified atom stereocenters. The third-order valence-electron chi connectivity index (χ3n) is 2.91. The molecule has 6 heteroatoms. The van der Waals surface area contributed by atoms with Gasteiger partial charge in [-0.15, -0.1) is 0 Å². The number of rotatable bonds is 4. The Kier molecular flexibility index (Phi) is 3.99. The van der Waals surface area contributed by atoms with E-state index in [9.17, 15) is 10.1 Å². The Labute approximate surface area is 105 Å². The molecule has 0 saturated carbocycles. The lowest BCUT2D eigenvalue weighted by Crippen LogP contribution is -2.37. The summed E-state index contributed by atoms with van der Waals surface area (Å²) in [6.07, 6.45) is 1.93. The molecule has 0 radical (unpaired) electrons. The van der Waals surface area contributed by atoms with Crippen LogP contribution in [0, 0.1) is 10.1 Å². The van der Waals surface area contributed by atoms with Crippen LogP contribution in [0.1, 0.15) is 12.8 Å². The molecular weight excluding hydrogens is 236 g/mol. The second-order valence-electron chi connectivity index (χ2n) is 4.18. The average Bonchev–Trinajstić information content (AvgIpc) is 2.40. The van der Waals surface area contributed by atoms with E-state index in [0.29, 0.717) is 11.5 Å². The average molecular weight is 252 g/mol. The van der Waals surface area contributed by atoms with Gasteiger partial charge < -0.3 is 14.8 Å². The van der Waals surface area contributed by atoms with Crippen molar-refractivity contribution in [2.24, 2.45) is 0 Å². The van der Waals surface area contributed by atoms with E-state index in [1.54, 1.807) is 12.1 Å². The first-order valence-electron chi connectivity index (χ1n) is 5.90. The predicted octanol–water partition coefficient (Wildman–Crippen LogP) is 1.73. The van der Waals surface area contributed by atoms with E-state index in [1.807, 2.05) is 0 Å². The van der Waals surface area contributed by atoms with Gasteiger partial charge in [-0.3, -0.25) is 10.1 Å². The molecule has 0 aliphatic carbocycles. The number of ether oxygens (including phenoxy) is 2. The molecule has 98 valence electrons. The van der Waals surface area contributed by atoms with Crippen molar-refractivity contribution in [3.63, 3.8) is 0 Å². The highest BCUT2D eigenvalue weighted by atomic mass is 16.6. The zero-order valence-electron chi connectivity index (χ0n) is 10.2. The van der Waals surface area contributed by atoms with Crippen LogP contribution in [0.3, 0.4) is 0 Å². The van der Waals surface area contributed by atoms with Gasteiger partial charge >= 0.3 is 5.69 Å². The largest absolute Gasteiger partial charge is 0.496 e. The van der Waals surface area contributed by atoms with Crippen LogP contribution in [0.5, 0.6) is 11.5 Å². The van der Waals surface area contributed by atoms with Crippen LogP contribution in [-0.2, 0) is 0 Å². The van der Waals surface area contributed by atoms with Crippen LogP contribution in [-0.4, -0.2) is 31.2 Å². The summed E-state index contributed by atoms with van der Waals surface area (Å²) < 4.78 is 10.7. The number of piperidine rings is 1. The van der Waals surface area contributed by atoms with Crippen molar-refractivity contribution in [2.45, 2.75) is 18.9 Å². The summed E-state index contributed by atoms with van der Waals surface area (Å²) in [6, 6.07) is 4.63. The van der Waals surface area contributed by atoms with Gasteiger partial charge in [-0.1, -0.05) is 0 Å². The lowest BCUT2D eigenvalue weighted by molar-refractivity contribution is -0.386. The van der Waals surface area contributed by atoms with Gasteiger partial charge in [-0.2, -0.15) is 0 Å². The standard InChI is InChI=1S/C12H16N2O4/c1-17-9-4-5-12(11(7-9)14(15)16)18-10-3-2-6-13-8-10/h4-5,7,10,13H,2-3,6,8H2,1H3. The quantitative estimate of drug-likeness (QED) is 0.652. The topological polar surface area (TPSA) is 73.6 Å². The van der Waals surface area contributed by atoms with Gasteiger partial charge in [0.2, 0.25) is 0 Å². The smallest absolute Gasteiger partial charge is 0.314 e. The molecule has 1 fully saturated rings. The fourth-order valence-corrected chi connectivity index (χ4v) is 1.97. The number of benzene rings is 1. The Bertz CT molecular complexity index is 430. The van der Waals surface area contributed by atoms with E-state index in [1.165, 1.54) is 13.2 Å². The Balaban J connectivity index is 2.17. The minimum Gasteiger partial charge on any atom is -0.496 e. The van der Waals surface area contributed by atoms with Crippen LogP contribution >= 0.6 is 0 Å². The normalized spacial score (nSPS) is 19.3. The molecule has 1 aliphatic rings.